The largest absolute Gasteiger partial charge is 0.326 e. The first-order valence-corrected chi connectivity index (χ1v) is 4.90. The molecule has 0 saturated heterocycles. The minimum Gasteiger partial charge on any atom is -0.326 e. The van der Waals surface area contributed by atoms with Crippen molar-refractivity contribution >= 4 is 0 Å². The van der Waals surface area contributed by atoms with Crippen LogP contribution in [0.4, 0.5) is 0 Å². The highest BCUT2D eigenvalue weighted by atomic mass is 16.1. The average Bonchev–Trinajstić information content (AvgIpc) is 2.15. The van der Waals surface area contributed by atoms with E-state index in [1.807, 2.05) is 0 Å². The van der Waals surface area contributed by atoms with Crippen LogP contribution in [0.3, 0.4) is 0 Å². The van der Waals surface area contributed by atoms with Gasteiger partial charge in [0.2, 0.25) is 0 Å². The zero-order chi connectivity index (χ0) is 10.6. The Morgan fingerprint density at radius 2 is 2.29 bits per heavy atom. The molecule has 14 heavy (non-hydrogen) atoms. The quantitative estimate of drug-likeness (QED) is 0.747. The van der Waals surface area contributed by atoms with E-state index in [0.717, 1.165) is 18.7 Å². The average molecular weight is 195 g/mol. The van der Waals surface area contributed by atoms with Gasteiger partial charge in [0, 0.05) is 24.7 Å². The molecule has 4 heteroatoms. The number of hydrogen-bond acceptors (Lipinski definition) is 3. The minimum absolute atomic E-state index is 0.110. The maximum Gasteiger partial charge on any atom is 0.255 e. The van der Waals surface area contributed by atoms with Crippen molar-refractivity contribution in [2.45, 2.75) is 33.2 Å². The molecular formula is C10H17N3O. The van der Waals surface area contributed by atoms with Crippen molar-refractivity contribution in [2.75, 3.05) is 0 Å². The van der Waals surface area contributed by atoms with Crippen LogP contribution in [0.15, 0.2) is 11.0 Å². The lowest BCUT2D eigenvalue weighted by Gasteiger charge is -2.04. The predicted octanol–water partition coefficient (Wildman–Crippen LogP) is 0.817. The highest BCUT2D eigenvalue weighted by Crippen LogP contribution is 2.03. The van der Waals surface area contributed by atoms with Crippen LogP contribution in [-0.4, -0.2) is 9.97 Å². The normalized spacial score (nSPS) is 10.9. The summed E-state index contributed by atoms with van der Waals surface area (Å²) in [5.41, 5.74) is 5.79. The van der Waals surface area contributed by atoms with E-state index in [4.69, 9.17) is 5.73 Å². The number of hydrogen-bond donors (Lipinski definition) is 2. The van der Waals surface area contributed by atoms with E-state index in [1.54, 1.807) is 6.20 Å². The second-order valence-electron chi connectivity index (χ2n) is 3.82. The van der Waals surface area contributed by atoms with E-state index >= 15 is 0 Å². The van der Waals surface area contributed by atoms with Crippen LogP contribution in [0.1, 0.15) is 31.7 Å². The molecule has 0 aliphatic rings. The topological polar surface area (TPSA) is 71.8 Å². The van der Waals surface area contributed by atoms with Crippen LogP contribution in [0.5, 0.6) is 0 Å². The summed E-state index contributed by atoms with van der Waals surface area (Å²) in [5, 5.41) is 0. The van der Waals surface area contributed by atoms with Gasteiger partial charge in [-0.2, -0.15) is 0 Å². The van der Waals surface area contributed by atoms with E-state index in [1.165, 1.54) is 0 Å². The molecule has 0 aliphatic carbocycles. The van der Waals surface area contributed by atoms with Crippen LogP contribution >= 0.6 is 0 Å². The summed E-state index contributed by atoms with van der Waals surface area (Å²) in [7, 11) is 0. The van der Waals surface area contributed by atoms with Crippen molar-refractivity contribution < 1.29 is 0 Å². The van der Waals surface area contributed by atoms with E-state index in [2.05, 4.69) is 23.8 Å². The van der Waals surface area contributed by atoms with Crippen molar-refractivity contribution in [1.82, 2.24) is 9.97 Å². The lowest BCUT2D eigenvalue weighted by atomic mass is 10.1. The van der Waals surface area contributed by atoms with Crippen LogP contribution in [0, 0.1) is 5.92 Å². The number of H-pyrrole nitrogens is 1. The smallest absolute Gasteiger partial charge is 0.255 e. The molecular weight excluding hydrogens is 178 g/mol. The maximum atomic E-state index is 11.3. The molecule has 0 aliphatic heterocycles. The van der Waals surface area contributed by atoms with Gasteiger partial charge in [-0.15, -0.1) is 0 Å². The van der Waals surface area contributed by atoms with Crippen molar-refractivity contribution in [3.05, 3.63) is 27.9 Å². The molecule has 0 aromatic carbocycles. The molecule has 0 unspecified atom stereocenters. The monoisotopic (exact) mass is 195 g/mol. The number of nitrogens with two attached hydrogens (primary N) is 1. The molecule has 0 saturated carbocycles. The van der Waals surface area contributed by atoms with Gasteiger partial charge >= 0.3 is 0 Å². The van der Waals surface area contributed by atoms with Crippen LogP contribution in [0.2, 0.25) is 0 Å². The standard InChI is InChI=1S/C10H17N3O/c1-7(2)3-4-9-12-6-8(5-11)10(14)13-9/h6-7H,3-5,11H2,1-2H3,(H,12,13,14). The van der Waals surface area contributed by atoms with Crippen LogP contribution in [0.25, 0.3) is 0 Å². The molecule has 0 atom stereocenters. The number of nitrogens with zero attached hydrogens (tertiary/aromatic N) is 1. The third-order valence-corrected chi connectivity index (χ3v) is 2.10. The molecule has 0 fully saturated rings. The summed E-state index contributed by atoms with van der Waals surface area (Å²) in [4.78, 5) is 18.2. The summed E-state index contributed by atoms with van der Waals surface area (Å²) in [6, 6.07) is 0. The second-order valence-corrected chi connectivity index (χ2v) is 3.82. The predicted molar refractivity (Wildman–Crippen MR) is 55.9 cm³/mol. The highest BCUT2D eigenvalue weighted by molar-refractivity contribution is 5.05. The summed E-state index contributed by atoms with van der Waals surface area (Å²) < 4.78 is 0. The van der Waals surface area contributed by atoms with E-state index in [-0.39, 0.29) is 12.1 Å². The Morgan fingerprint density at radius 3 is 2.79 bits per heavy atom. The first-order chi connectivity index (χ1) is 6.63. The van der Waals surface area contributed by atoms with Crippen molar-refractivity contribution in [1.29, 1.82) is 0 Å². The Balaban J connectivity index is 2.72. The van der Waals surface area contributed by atoms with Gasteiger partial charge in [0.15, 0.2) is 0 Å². The molecule has 0 amide bonds. The van der Waals surface area contributed by atoms with Gasteiger partial charge < -0.3 is 10.7 Å². The number of aromatic amines is 1. The van der Waals surface area contributed by atoms with E-state index in [9.17, 15) is 4.79 Å². The fraction of sp³-hybridized carbons (Fsp3) is 0.600. The molecule has 4 nitrogen and oxygen atoms in total. The van der Waals surface area contributed by atoms with Gasteiger partial charge in [-0.05, 0) is 12.3 Å². The summed E-state index contributed by atoms with van der Waals surface area (Å²) >= 11 is 0. The van der Waals surface area contributed by atoms with E-state index < -0.39 is 0 Å². The second kappa shape index (κ2) is 4.91. The molecule has 1 aromatic heterocycles. The van der Waals surface area contributed by atoms with E-state index in [0.29, 0.717) is 11.5 Å². The molecule has 0 spiro atoms. The van der Waals surface area contributed by atoms with Gasteiger partial charge in [0.25, 0.3) is 5.56 Å². The van der Waals surface area contributed by atoms with Crippen molar-refractivity contribution in [3.63, 3.8) is 0 Å². The van der Waals surface area contributed by atoms with Crippen molar-refractivity contribution in [2.24, 2.45) is 11.7 Å². The van der Waals surface area contributed by atoms with Crippen LogP contribution < -0.4 is 11.3 Å². The first kappa shape index (κ1) is 10.9. The van der Waals surface area contributed by atoms with Gasteiger partial charge in [-0.25, -0.2) is 4.98 Å². The maximum absolute atomic E-state index is 11.3. The number of rotatable bonds is 4. The molecule has 3 N–H and O–H groups in total. The molecule has 0 radical (unpaired) electrons. The third-order valence-electron chi connectivity index (χ3n) is 2.10. The molecule has 0 bridgehead atoms. The zero-order valence-corrected chi connectivity index (χ0v) is 8.71. The zero-order valence-electron chi connectivity index (χ0n) is 8.71. The summed E-state index contributed by atoms with van der Waals surface area (Å²) in [6.45, 7) is 4.53. The molecule has 78 valence electrons. The number of aryl methyl sites for hydroxylation is 1. The van der Waals surface area contributed by atoms with Gasteiger partial charge in [0.1, 0.15) is 5.82 Å². The molecule has 1 aromatic rings. The Labute approximate surface area is 83.6 Å². The third kappa shape index (κ3) is 2.96. The van der Waals surface area contributed by atoms with Gasteiger partial charge in [-0.1, -0.05) is 13.8 Å². The number of nitrogens with one attached hydrogen (secondary N) is 1. The lowest BCUT2D eigenvalue weighted by molar-refractivity contribution is 0.573. The van der Waals surface area contributed by atoms with Crippen molar-refractivity contribution in [3.8, 4) is 0 Å². The fourth-order valence-corrected chi connectivity index (χ4v) is 1.16. The number of aromatic nitrogens is 2. The van der Waals surface area contributed by atoms with Gasteiger partial charge in [-0.3, -0.25) is 4.79 Å². The summed E-state index contributed by atoms with van der Waals surface area (Å²) in [5.74, 6) is 1.37. The Hall–Kier alpha value is -1.16. The van der Waals surface area contributed by atoms with Gasteiger partial charge in [0.05, 0.1) is 0 Å². The van der Waals surface area contributed by atoms with Crippen LogP contribution in [-0.2, 0) is 13.0 Å². The lowest BCUT2D eigenvalue weighted by Crippen LogP contribution is -2.18. The Morgan fingerprint density at radius 1 is 1.57 bits per heavy atom. The molecule has 1 rings (SSSR count). The Bertz CT molecular complexity index is 343. The minimum atomic E-state index is -0.110. The summed E-state index contributed by atoms with van der Waals surface area (Å²) in [6.07, 6.45) is 3.41. The molecule has 1 heterocycles. The SMILES string of the molecule is CC(C)CCc1ncc(CN)c(=O)[nH]1. The first-order valence-electron chi connectivity index (χ1n) is 4.90. The Kier molecular flexibility index (Phi) is 3.83. The fourth-order valence-electron chi connectivity index (χ4n) is 1.16. The highest BCUT2D eigenvalue weighted by Gasteiger charge is 2.01.